The fourth-order valence-corrected chi connectivity index (χ4v) is 1.35. The molecule has 0 unspecified atom stereocenters. The van der Waals surface area contributed by atoms with E-state index in [1.54, 1.807) is 5.51 Å². The van der Waals surface area contributed by atoms with Crippen LogP contribution in [0, 0.1) is 0 Å². The van der Waals surface area contributed by atoms with Crippen molar-refractivity contribution in [1.29, 1.82) is 0 Å². The quantitative estimate of drug-likeness (QED) is 0.595. The molecule has 2 heterocycles. The van der Waals surface area contributed by atoms with Crippen LogP contribution in [0.2, 0.25) is 0 Å². The van der Waals surface area contributed by atoms with Gasteiger partial charge in [-0.25, -0.2) is 4.98 Å². The van der Waals surface area contributed by atoms with Crippen LogP contribution in [0.25, 0.3) is 10.3 Å². The van der Waals surface area contributed by atoms with Gasteiger partial charge < -0.3 is 4.98 Å². The number of nitrogens with one attached hydrogen (secondary N) is 1. The van der Waals surface area contributed by atoms with Crippen LogP contribution in [0.5, 0.6) is 0 Å². The number of hydrogen-bond acceptors (Lipinski definition) is 4. The van der Waals surface area contributed by atoms with Crippen LogP contribution < -0.4 is 5.56 Å². The van der Waals surface area contributed by atoms with Gasteiger partial charge in [0.2, 0.25) is 0 Å². The average Bonchev–Trinajstić information content (AvgIpc) is 2.36. The summed E-state index contributed by atoms with van der Waals surface area (Å²) in [7, 11) is 0. The van der Waals surface area contributed by atoms with Crippen molar-refractivity contribution < 1.29 is 0 Å². The summed E-state index contributed by atoms with van der Waals surface area (Å²) < 4.78 is 0. The fraction of sp³-hybridized carbons (Fsp3) is 0. The molecule has 50 valence electrons. The molecule has 0 aliphatic heterocycles. The molecule has 0 saturated carbocycles. The maximum absolute atomic E-state index is 10.9. The Balaban J connectivity index is 3.09. The molecule has 5 heteroatoms. The van der Waals surface area contributed by atoms with Gasteiger partial charge in [-0.3, -0.25) is 4.79 Å². The number of aromatic nitrogens is 3. The van der Waals surface area contributed by atoms with Gasteiger partial charge >= 0.3 is 0 Å². The number of rotatable bonds is 0. The van der Waals surface area contributed by atoms with Gasteiger partial charge in [0, 0.05) is 0 Å². The molecule has 0 saturated heterocycles. The van der Waals surface area contributed by atoms with Gasteiger partial charge in [-0.05, 0) is 0 Å². The van der Waals surface area contributed by atoms with Crippen molar-refractivity contribution in [1.82, 2.24) is 15.0 Å². The third kappa shape index (κ3) is 0.640. The highest BCUT2D eigenvalue weighted by molar-refractivity contribution is 7.16. The highest BCUT2D eigenvalue weighted by Crippen LogP contribution is 2.07. The molecule has 0 bridgehead atoms. The van der Waals surface area contributed by atoms with Gasteiger partial charge in [0.05, 0.1) is 11.8 Å². The number of fused-ring (bicyclic) bond motifs is 1. The summed E-state index contributed by atoms with van der Waals surface area (Å²) in [5, 5.41) is 0. The minimum absolute atomic E-state index is 0.269. The van der Waals surface area contributed by atoms with E-state index in [0.717, 1.165) is 4.83 Å². The molecular formula is C5H3N3OS. The lowest BCUT2D eigenvalue weighted by Crippen LogP contribution is -2.04. The van der Waals surface area contributed by atoms with Crippen LogP contribution in [-0.4, -0.2) is 15.0 Å². The molecule has 0 fully saturated rings. The van der Waals surface area contributed by atoms with Crippen LogP contribution >= 0.6 is 11.3 Å². The SMILES string of the molecule is O=c1nc[nH]c2scnc12. The number of nitrogens with zero attached hydrogens (tertiary/aromatic N) is 2. The molecule has 0 aromatic carbocycles. The predicted octanol–water partition coefficient (Wildman–Crippen LogP) is 0.380. The molecule has 1 N–H and O–H groups in total. The summed E-state index contributed by atoms with van der Waals surface area (Å²) in [6.45, 7) is 0. The topological polar surface area (TPSA) is 58.6 Å². The smallest absolute Gasteiger partial charge is 0.300 e. The van der Waals surface area contributed by atoms with Gasteiger partial charge in [0.1, 0.15) is 4.83 Å². The predicted molar refractivity (Wildman–Crippen MR) is 38.0 cm³/mol. The van der Waals surface area contributed by atoms with E-state index in [0.29, 0.717) is 5.52 Å². The van der Waals surface area contributed by atoms with Crippen molar-refractivity contribution in [3.63, 3.8) is 0 Å². The van der Waals surface area contributed by atoms with Gasteiger partial charge in [-0.2, -0.15) is 4.98 Å². The molecule has 0 spiro atoms. The Morgan fingerprint density at radius 2 is 2.40 bits per heavy atom. The normalized spacial score (nSPS) is 10.4. The second-order valence-corrected chi connectivity index (χ2v) is 2.59. The first-order valence-corrected chi connectivity index (χ1v) is 3.53. The van der Waals surface area contributed by atoms with Crippen LogP contribution in [0.4, 0.5) is 0 Å². The zero-order chi connectivity index (χ0) is 6.97. The molecule has 0 atom stereocenters. The lowest BCUT2D eigenvalue weighted by atomic mass is 10.6. The summed E-state index contributed by atoms with van der Waals surface area (Å²) >= 11 is 1.39. The molecule has 10 heavy (non-hydrogen) atoms. The lowest BCUT2D eigenvalue weighted by molar-refractivity contribution is 1.17. The Morgan fingerprint density at radius 1 is 1.50 bits per heavy atom. The first-order valence-electron chi connectivity index (χ1n) is 2.65. The first kappa shape index (κ1) is 5.55. The Morgan fingerprint density at radius 3 is 3.20 bits per heavy atom. The van der Waals surface area contributed by atoms with Crippen molar-refractivity contribution >= 4 is 21.7 Å². The van der Waals surface area contributed by atoms with Crippen LogP contribution in [-0.2, 0) is 0 Å². The van der Waals surface area contributed by atoms with E-state index in [-0.39, 0.29) is 5.56 Å². The van der Waals surface area contributed by atoms with E-state index < -0.39 is 0 Å². The third-order valence-electron chi connectivity index (χ3n) is 1.15. The average molecular weight is 153 g/mol. The summed E-state index contributed by atoms with van der Waals surface area (Å²) in [6.07, 6.45) is 1.38. The lowest BCUT2D eigenvalue weighted by Gasteiger charge is -1.81. The van der Waals surface area contributed by atoms with Gasteiger partial charge in [0.15, 0.2) is 5.52 Å². The molecule has 0 radical (unpaired) electrons. The van der Waals surface area contributed by atoms with Gasteiger partial charge in [-0.1, -0.05) is 0 Å². The van der Waals surface area contributed by atoms with E-state index in [4.69, 9.17) is 0 Å². The minimum Gasteiger partial charge on any atom is -0.336 e. The summed E-state index contributed by atoms with van der Waals surface area (Å²) in [5.41, 5.74) is 1.77. The standard InChI is InChI=1S/C5H3N3OS/c9-4-3-5(7-1-6-4)10-2-8-3/h1-2H,(H,6,7,9). The summed E-state index contributed by atoms with van der Waals surface area (Å²) in [5.74, 6) is 0. The molecule has 0 amide bonds. The number of hydrogen-bond donors (Lipinski definition) is 1. The minimum atomic E-state index is -0.269. The molecule has 4 nitrogen and oxygen atoms in total. The van der Waals surface area contributed by atoms with Gasteiger partial charge in [0.25, 0.3) is 5.56 Å². The highest BCUT2D eigenvalue weighted by atomic mass is 32.1. The first-order chi connectivity index (χ1) is 4.88. The van der Waals surface area contributed by atoms with Crippen molar-refractivity contribution in [2.75, 3.05) is 0 Å². The zero-order valence-corrected chi connectivity index (χ0v) is 5.68. The molecule has 0 aliphatic carbocycles. The zero-order valence-electron chi connectivity index (χ0n) is 4.87. The fourth-order valence-electron chi connectivity index (χ4n) is 0.712. The van der Waals surface area contributed by atoms with Crippen molar-refractivity contribution in [2.24, 2.45) is 0 Å². The highest BCUT2D eigenvalue weighted by Gasteiger charge is 1.98. The van der Waals surface area contributed by atoms with Crippen LogP contribution in [0.15, 0.2) is 16.6 Å². The van der Waals surface area contributed by atoms with E-state index in [9.17, 15) is 4.79 Å². The van der Waals surface area contributed by atoms with E-state index in [2.05, 4.69) is 15.0 Å². The maximum Gasteiger partial charge on any atom is 0.300 e. The van der Waals surface area contributed by atoms with Crippen LogP contribution in [0.1, 0.15) is 0 Å². The van der Waals surface area contributed by atoms with E-state index >= 15 is 0 Å². The number of aromatic amines is 1. The van der Waals surface area contributed by atoms with Crippen LogP contribution in [0.3, 0.4) is 0 Å². The Labute approximate surface area is 59.6 Å². The second kappa shape index (κ2) is 1.88. The molecule has 0 aliphatic rings. The van der Waals surface area contributed by atoms with E-state index in [1.807, 2.05) is 0 Å². The number of H-pyrrole nitrogens is 1. The molecule has 2 aromatic heterocycles. The Kier molecular flexibility index (Phi) is 1.04. The number of thiazole rings is 1. The maximum atomic E-state index is 10.9. The molecule has 2 rings (SSSR count). The monoisotopic (exact) mass is 153 g/mol. The summed E-state index contributed by atoms with van der Waals surface area (Å²) in [4.78, 5) is 21.8. The Hall–Kier alpha value is -1.23. The largest absolute Gasteiger partial charge is 0.336 e. The van der Waals surface area contributed by atoms with E-state index in [1.165, 1.54) is 17.7 Å². The van der Waals surface area contributed by atoms with Crippen molar-refractivity contribution in [3.05, 3.63) is 22.2 Å². The van der Waals surface area contributed by atoms with Gasteiger partial charge in [-0.15, -0.1) is 11.3 Å². The van der Waals surface area contributed by atoms with Crippen molar-refractivity contribution in [3.8, 4) is 0 Å². The molecule has 2 aromatic rings. The van der Waals surface area contributed by atoms with Crippen molar-refractivity contribution in [2.45, 2.75) is 0 Å². The molecular weight excluding hydrogens is 150 g/mol. The Bertz CT molecular complexity index is 404. The summed E-state index contributed by atoms with van der Waals surface area (Å²) in [6, 6.07) is 0. The second-order valence-electron chi connectivity index (χ2n) is 1.74. The third-order valence-corrected chi connectivity index (χ3v) is 1.91.